The van der Waals surface area contributed by atoms with Crippen molar-refractivity contribution in [3.05, 3.63) is 53.3 Å². The second kappa shape index (κ2) is 6.10. The molecule has 2 aromatic rings. The van der Waals surface area contributed by atoms with E-state index in [1.54, 1.807) is 6.07 Å². The van der Waals surface area contributed by atoms with Crippen LogP contribution in [0.2, 0.25) is 0 Å². The summed E-state index contributed by atoms with van der Waals surface area (Å²) in [7, 11) is -7.13. The van der Waals surface area contributed by atoms with Gasteiger partial charge in [-0.1, -0.05) is 6.07 Å². The van der Waals surface area contributed by atoms with Crippen LogP contribution in [0.4, 0.5) is 10.1 Å². The van der Waals surface area contributed by atoms with E-state index < -0.39 is 19.7 Å². The summed E-state index contributed by atoms with van der Waals surface area (Å²) in [6.45, 7) is 0.966. The van der Waals surface area contributed by atoms with Gasteiger partial charge in [0.25, 0.3) is 0 Å². The Bertz CT molecular complexity index is 1050. The van der Waals surface area contributed by atoms with Crippen molar-refractivity contribution in [1.29, 1.82) is 0 Å². The van der Waals surface area contributed by atoms with Gasteiger partial charge in [-0.15, -0.1) is 0 Å². The van der Waals surface area contributed by atoms with E-state index in [4.69, 9.17) is 0 Å². The number of hydrogen-bond acceptors (Lipinski definition) is 5. The van der Waals surface area contributed by atoms with Gasteiger partial charge in [-0.25, -0.2) is 21.2 Å². The highest BCUT2D eigenvalue weighted by atomic mass is 32.2. The van der Waals surface area contributed by atoms with E-state index in [0.29, 0.717) is 25.2 Å². The largest absolute Gasteiger partial charge is 0.366 e. The first-order valence-corrected chi connectivity index (χ1v) is 11.4. The Morgan fingerprint density at radius 2 is 1.64 bits per heavy atom. The number of benzene rings is 2. The number of hydrogen-bond donors (Lipinski definition) is 0. The monoisotopic (exact) mass is 383 g/mol. The third-order valence-electron chi connectivity index (χ3n) is 4.28. The zero-order valence-corrected chi connectivity index (χ0v) is 15.5. The molecule has 2 aromatic carbocycles. The van der Waals surface area contributed by atoms with Crippen molar-refractivity contribution < 1.29 is 21.2 Å². The van der Waals surface area contributed by atoms with Crippen molar-refractivity contribution in [3.63, 3.8) is 0 Å². The average molecular weight is 383 g/mol. The molecular formula is C17H18FNO4S2. The molecule has 0 radical (unpaired) electrons. The molecule has 0 saturated heterocycles. The Morgan fingerprint density at radius 1 is 0.920 bits per heavy atom. The number of fused-ring (bicyclic) bond motifs is 1. The van der Waals surface area contributed by atoms with Crippen LogP contribution in [-0.2, 0) is 32.6 Å². The molecule has 0 saturated carbocycles. The zero-order chi connectivity index (χ0) is 18.4. The van der Waals surface area contributed by atoms with E-state index in [1.807, 2.05) is 4.90 Å². The van der Waals surface area contributed by atoms with Crippen molar-refractivity contribution in [2.24, 2.45) is 0 Å². The van der Waals surface area contributed by atoms with Gasteiger partial charge in [0.15, 0.2) is 19.7 Å². The Morgan fingerprint density at radius 3 is 2.28 bits per heavy atom. The van der Waals surface area contributed by atoms with Crippen molar-refractivity contribution in [2.45, 2.75) is 22.8 Å². The van der Waals surface area contributed by atoms with Crippen molar-refractivity contribution in [3.8, 4) is 0 Å². The lowest BCUT2D eigenvalue weighted by Gasteiger charge is -2.32. The second-order valence-corrected chi connectivity index (χ2v) is 10.3. The van der Waals surface area contributed by atoms with Gasteiger partial charge < -0.3 is 4.90 Å². The molecule has 25 heavy (non-hydrogen) atoms. The van der Waals surface area contributed by atoms with E-state index in [-0.39, 0.29) is 15.6 Å². The fourth-order valence-corrected chi connectivity index (χ4v) is 4.65. The molecule has 0 amide bonds. The fourth-order valence-electron chi connectivity index (χ4n) is 3.01. The molecule has 1 aliphatic rings. The highest BCUT2D eigenvalue weighted by molar-refractivity contribution is 7.91. The summed E-state index contributed by atoms with van der Waals surface area (Å²) in [6, 6.07) is 8.73. The first-order valence-electron chi connectivity index (χ1n) is 7.62. The summed E-state index contributed by atoms with van der Waals surface area (Å²) < 4.78 is 61.2. The zero-order valence-electron chi connectivity index (χ0n) is 13.9. The lowest BCUT2D eigenvalue weighted by atomic mass is 9.99. The Hall–Kier alpha value is -1.93. The third kappa shape index (κ3) is 3.69. The van der Waals surface area contributed by atoms with Gasteiger partial charge in [-0.2, -0.15) is 0 Å². The maximum absolute atomic E-state index is 13.3. The van der Waals surface area contributed by atoms with Gasteiger partial charge in [0.1, 0.15) is 5.82 Å². The maximum atomic E-state index is 13.3. The summed E-state index contributed by atoms with van der Waals surface area (Å²) in [5, 5.41) is 0. The number of rotatable bonds is 3. The fraction of sp³-hybridized carbons (Fsp3) is 0.294. The van der Waals surface area contributed by atoms with Crippen LogP contribution in [-0.4, -0.2) is 35.9 Å². The number of sulfone groups is 2. The molecule has 0 N–H and O–H groups in total. The molecule has 0 atom stereocenters. The second-order valence-electron chi connectivity index (χ2n) is 6.26. The third-order valence-corrected chi connectivity index (χ3v) is 6.52. The average Bonchev–Trinajstić information content (AvgIpc) is 2.52. The maximum Gasteiger partial charge on any atom is 0.177 e. The molecule has 5 nitrogen and oxygen atoms in total. The molecule has 1 aliphatic heterocycles. The molecule has 0 bridgehead atoms. The van der Waals surface area contributed by atoms with E-state index in [0.717, 1.165) is 23.6 Å². The van der Waals surface area contributed by atoms with Crippen LogP contribution in [0, 0.1) is 5.82 Å². The minimum atomic E-state index is -3.62. The molecule has 0 aromatic heterocycles. The summed E-state index contributed by atoms with van der Waals surface area (Å²) in [4.78, 5) is 1.83. The van der Waals surface area contributed by atoms with Gasteiger partial charge in [0.2, 0.25) is 0 Å². The van der Waals surface area contributed by atoms with E-state index in [1.165, 1.54) is 30.3 Å². The molecule has 3 rings (SSSR count). The van der Waals surface area contributed by atoms with Crippen LogP contribution >= 0.6 is 0 Å². The number of halogens is 1. The van der Waals surface area contributed by atoms with E-state index in [9.17, 15) is 21.2 Å². The van der Waals surface area contributed by atoms with Crippen LogP contribution in [0.25, 0.3) is 0 Å². The highest BCUT2D eigenvalue weighted by Gasteiger charge is 2.24. The first-order chi connectivity index (χ1) is 11.6. The molecule has 0 spiro atoms. The minimum absolute atomic E-state index is 0.0130. The van der Waals surface area contributed by atoms with Gasteiger partial charge in [0.05, 0.1) is 15.5 Å². The first kappa shape index (κ1) is 17.9. The molecule has 0 unspecified atom stereocenters. The van der Waals surface area contributed by atoms with E-state index >= 15 is 0 Å². The molecule has 1 heterocycles. The van der Waals surface area contributed by atoms with Crippen molar-refractivity contribution >= 4 is 25.4 Å². The van der Waals surface area contributed by atoms with Gasteiger partial charge in [-0.3, -0.25) is 0 Å². The summed E-state index contributed by atoms with van der Waals surface area (Å²) >= 11 is 0. The molecule has 0 aliphatic carbocycles. The standard InChI is InChI=1S/C17H18FNO4S2/c1-24(20,21)15-5-6-16(17(10-15)25(2,22)23)19-8-7-12-9-14(18)4-3-13(12)11-19/h3-6,9-10H,7-8,11H2,1-2H3. The topological polar surface area (TPSA) is 71.5 Å². The molecule has 0 fully saturated rings. The van der Waals surface area contributed by atoms with Crippen LogP contribution in [0.1, 0.15) is 11.1 Å². The summed E-state index contributed by atoms with van der Waals surface area (Å²) in [5.41, 5.74) is 2.30. The molecule has 8 heteroatoms. The van der Waals surface area contributed by atoms with Crippen LogP contribution in [0.3, 0.4) is 0 Å². The van der Waals surface area contributed by atoms with Crippen LogP contribution in [0.5, 0.6) is 0 Å². The normalized spacial score (nSPS) is 15.1. The Kier molecular flexibility index (Phi) is 4.36. The quantitative estimate of drug-likeness (QED) is 0.813. The predicted molar refractivity (Wildman–Crippen MR) is 93.8 cm³/mol. The van der Waals surface area contributed by atoms with E-state index in [2.05, 4.69) is 0 Å². The smallest absolute Gasteiger partial charge is 0.177 e. The van der Waals surface area contributed by atoms with Gasteiger partial charge >= 0.3 is 0 Å². The SMILES string of the molecule is CS(=O)(=O)c1ccc(N2CCc3cc(F)ccc3C2)c(S(C)(=O)=O)c1. The lowest BCUT2D eigenvalue weighted by molar-refractivity contribution is 0.599. The predicted octanol–water partition coefficient (Wildman–Crippen LogP) is 2.20. The highest BCUT2D eigenvalue weighted by Crippen LogP contribution is 2.32. The van der Waals surface area contributed by atoms with Crippen molar-refractivity contribution in [1.82, 2.24) is 0 Å². The molecular weight excluding hydrogens is 365 g/mol. The van der Waals surface area contributed by atoms with Crippen molar-refractivity contribution in [2.75, 3.05) is 24.0 Å². The summed E-state index contributed by atoms with van der Waals surface area (Å²) in [5.74, 6) is -0.290. The van der Waals surface area contributed by atoms with Crippen LogP contribution < -0.4 is 4.90 Å². The number of nitrogens with zero attached hydrogens (tertiary/aromatic N) is 1. The van der Waals surface area contributed by atoms with Gasteiger partial charge in [0, 0.05) is 25.6 Å². The minimum Gasteiger partial charge on any atom is -0.366 e. The van der Waals surface area contributed by atoms with Gasteiger partial charge in [-0.05, 0) is 47.9 Å². The Labute approximate surface area is 146 Å². The van der Waals surface area contributed by atoms with Crippen LogP contribution in [0.15, 0.2) is 46.2 Å². The summed E-state index contributed by atoms with van der Waals surface area (Å²) in [6.07, 6.45) is 2.69. The lowest BCUT2D eigenvalue weighted by Crippen LogP contribution is -2.31. The Balaban J connectivity index is 2.07. The number of anilines is 1. The molecule has 134 valence electrons.